The van der Waals surface area contributed by atoms with Gasteiger partial charge in [0.05, 0.1) is 0 Å². The van der Waals surface area contributed by atoms with Crippen molar-refractivity contribution in [2.24, 2.45) is 0 Å². The summed E-state index contributed by atoms with van der Waals surface area (Å²) in [7, 11) is 1.92. The summed E-state index contributed by atoms with van der Waals surface area (Å²) in [5.74, 6) is -0.164. The van der Waals surface area contributed by atoms with Crippen molar-refractivity contribution < 1.29 is 4.39 Å². The molecule has 2 nitrogen and oxygen atoms in total. The van der Waals surface area contributed by atoms with Crippen LogP contribution in [0.2, 0.25) is 0 Å². The highest BCUT2D eigenvalue weighted by molar-refractivity contribution is 7.15. The summed E-state index contributed by atoms with van der Waals surface area (Å²) in [5.41, 5.74) is 0.692. The Morgan fingerprint density at radius 2 is 2.12 bits per heavy atom. The fourth-order valence-corrected chi connectivity index (χ4v) is 2.19. The molecule has 0 aliphatic heterocycles. The Kier molecular flexibility index (Phi) is 3.19. The standard InChI is InChI=1S/C12H13FN2S/c1-9-7-14-12(16-9)15(2)8-10-5-3-4-6-11(10)13/h3-7H,8H2,1-2H3. The molecule has 0 fully saturated rings. The Bertz CT molecular complexity index is 481. The van der Waals surface area contributed by atoms with E-state index in [-0.39, 0.29) is 5.82 Å². The normalized spacial score (nSPS) is 10.4. The number of hydrogen-bond acceptors (Lipinski definition) is 3. The third-order valence-corrected chi connectivity index (χ3v) is 3.33. The van der Waals surface area contributed by atoms with E-state index in [4.69, 9.17) is 0 Å². The zero-order valence-corrected chi connectivity index (χ0v) is 10.1. The molecule has 0 unspecified atom stereocenters. The lowest BCUT2D eigenvalue weighted by molar-refractivity contribution is 0.608. The molecule has 0 saturated carbocycles. The van der Waals surface area contributed by atoms with Gasteiger partial charge in [-0.05, 0) is 13.0 Å². The van der Waals surface area contributed by atoms with Gasteiger partial charge >= 0.3 is 0 Å². The van der Waals surface area contributed by atoms with Crippen LogP contribution in [0.5, 0.6) is 0 Å². The number of rotatable bonds is 3. The van der Waals surface area contributed by atoms with Gasteiger partial charge in [0.25, 0.3) is 0 Å². The van der Waals surface area contributed by atoms with E-state index in [0.717, 1.165) is 10.0 Å². The fraction of sp³-hybridized carbons (Fsp3) is 0.250. The average molecular weight is 236 g/mol. The van der Waals surface area contributed by atoms with Crippen molar-refractivity contribution in [2.75, 3.05) is 11.9 Å². The molecule has 0 amide bonds. The van der Waals surface area contributed by atoms with Gasteiger partial charge in [-0.25, -0.2) is 9.37 Å². The molecule has 0 aliphatic rings. The molecule has 2 aromatic rings. The van der Waals surface area contributed by atoms with Gasteiger partial charge < -0.3 is 4.90 Å². The number of aromatic nitrogens is 1. The molecule has 2 rings (SSSR count). The number of nitrogens with zero attached hydrogens (tertiary/aromatic N) is 2. The van der Waals surface area contributed by atoms with Crippen molar-refractivity contribution >= 4 is 16.5 Å². The van der Waals surface area contributed by atoms with Crippen LogP contribution in [-0.4, -0.2) is 12.0 Å². The Morgan fingerprint density at radius 3 is 2.75 bits per heavy atom. The number of thiazole rings is 1. The second-order valence-corrected chi connectivity index (χ2v) is 4.91. The Morgan fingerprint density at radius 1 is 1.38 bits per heavy atom. The number of aryl methyl sites for hydroxylation is 1. The SMILES string of the molecule is Cc1cnc(N(C)Cc2ccccc2F)s1. The van der Waals surface area contributed by atoms with E-state index in [2.05, 4.69) is 4.98 Å². The smallest absolute Gasteiger partial charge is 0.185 e. The molecule has 1 heterocycles. The van der Waals surface area contributed by atoms with Crippen LogP contribution in [0.25, 0.3) is 0 Å². The fourth-order valence-electron chi connectivity index (χ4n) is 1.47. The largest absolute Gasteiger partial charge is 0.347 e. The summed E-state index contributed by atoms with van der Waals surface area (Å²) in [4.78, 5) is 7.38. The Labute approximate surface area is 98.4 Å². The van der Waals surface area contributed by atoms with Crippen LogP contribution < -0.4 is 4.90 Å². The van der Waals surface area contributed by atoms with Gasteiger partial charge in [-0.3, -0.25) is 0 Å². The van der Waals surface area contributed by atoms with Gasteiger partial charge in [-0.15, -0.1) is 11.3 Å². The molecule has 1 aromatic carbocycles. The van der Waals surface area contributed by atoms with Gasteiger partial charge in [0.15, 0.2) is 5.13 Å². The van der Waals surface area contributed by atoms with Gasteiger partial charge in [-0.2, -0.15) is 0 Å². The minimum atomic E-state index is -0.164. The average Bonchev–Trinajstić information content (AvgIpc) is 2.68. The lowest BCUT2D eigenvalue weighted by Crippen LogP contribution is -2.16. The maximum absolute atomic E-state index is 13.4. The topological polar surface area (TPSA) is 16.1 Å². The number of hydrogen-bond donors (Lipinski definition) is 0. The summed E-state index contributed by atoms with van der Waals surface area (Å²) in [6.45, 7) is 2.55. The minimum absolute atomic E-state index is 0.164. The first-order valence-corrected chi connectivity index (χ1v) is 5.85. The maximum atomic E-state index is 13.4. The van der Waals surface area contributed by atoms with E-state index in [1.165, 1.54) is 6.07 Å². The predicted octanol–water partition coefficient (Wildman–Crippen LogP) is 3.23. The highest BCUT2D eigenvalue weighted by Gasteiger charge is 2.08. The first kappa shape index (κ1) is 11.1. The Hall–Kier alpha value is -1.42. The molecular weight excluding hydrogens is 223 g/mol. The van der Waals surface area contributed by atoms with Crippen LogP contribution in [0.15, 0.2) is 30.5 Å². The van der Waals surface area contributed by atoms with Gasteiger partial charge in [0.2, 0.25) is 0 Å². The van der Waals surface area contributed by atoms with Crippen LogP contribution in [0.3, 0.4) is 0 Å². The maximum Gasteiger partial charge on any atom is 0.185 e. The first-order valence-electron chi connectivity index (χ1n) is 5.04. The third kappa shape index (κ3) is 2.39. The summed E-state index contributed by atoms with van der Waals surface area (Å²) in [6, 6.07) is 6.83. The number of halogens is 1. The highest BCUT2D eigenvalue weighted by Crippen LogP contribution is 2.22. The van der Waals surface area contributed by atoms with Crippen molar-refractivity contribution in [3.8, 4) is 0 Å². The summed E-state index contributed by atoms with van der Waals surface area (Å²) < 4.78 is 13.4. The summed E-state index contributed by atoms with van der Waals surface area (Å²) in [6.07, 6.45) is 1.83. The van der Waals surface area contributed by atoms with Crippen molar-refractivity contribution in [1.29, 1.82) is 0 Å². The van der Waals surface area contributed by atoms with Crippen LogP contribution >= 0.6 is 11.3 Å². The van der Waals surface area contributed by atoms with Crippen LogP contribution in [-0.2, 0) is 6.54 Å². The van der Waals surface area contributed by atoms with E-state index in [1.54, 1.807) is 23.5 Å². The zero-order chi connectivity index (χ0) is 11.5. The van der Waals surface area contributed by atoms with Gasteiger partial charge in [0, 0.05) is 30.2 Å². The molecular formula is C12H13FN2S. The lowest BCUT2D eigenvalue weighted by Gasteiger charge is -2.15. The van der Waals surface area contributed by atoms with E-state index in [9.17, 15) is 4.39 Å². The minimum Gasteiger partial charge on any atom is -0.347 e. The molecule has 0 saturated heterocycles. The molecule has 0 atom stereocenters. The number of anilines is 1. The van der Waals surface area contributed by atoms with Crippen molar-refractivity contribution in [1.82, 2.24) is 4.98 Å². The van der Waals surface area contributed by atoms with Gasteiger partial charge in [0.1, 0.15) is 5.82 Å². The Balaban J connectivity index is 2.13. The van der Waals surface area contributed by atoms with E-state index in [1.807, 2.05) is 31.1 Å². The van der Waals surface area contributed by atoms with Gasteiger partial charge in [-0.1, -0.05) is 18.2 Å². The van der Waals surface area contributed by atoms with Crippen molar-refractivity contribution in [2.45, 2.75) is 13.5 Å². The van der Waals surface area contributed by atoms with E-state index >= 15 is 0 Å². The van der Waals surface area contributed by atoms with Crippen molar-refractivity contribution in [3.63, 3.8) is 0 Å². The second-order valence-electron chi connectivity index (χ2n) is 3.70. The van der Waals surface area contributed by atoms with E-state index < -0.39 is 0 Å². The van der Waals surface area contributed by atoms with Crippen molar-refractivity contribution in [3.05, 3.63) is 46.7 Å². The zero-order valence-electron chi connectivity index (χ0n) is 9.27. The highest BCUT2D eigenvalue weighted by atomic mass is 32.1. The monoisotopic (exact) mass is 236 g/mol. The van der Waals surface area contributed by atoms with E-state index in [0.29, 0.717) is 12.1 Å². The molecule has 1 aromatic heterocycles. The quantitative estimate of drug-likeness (QED) is 0.813. The molecule has 0 N–H and O–H groups in total. The predicted molar refractivity (Wildman–Crippen MR) is 65.4 cm³/mol. The first-order chi connectivity index (χ1) is 7.66. The number of benzene rings is 1. The van der Waals surface area contributed by atoms with Crippen LogP contribution in [0, 0.1) is 12.7 Å². The third-order valence-electron chi connectivity index (χ3n) is 2.30. The molecule has 0 bridgehead atoms. The van der Waals surface area contributed by atoms with Crippen LogP contribution in [0.1, 0.15) is 10.4 Å². The summed E-state index contributed by atoms with van der Waals surface area (Å²) in [5, 5.41) is 0.917. The molecule has 0 aliphatic carbocycles. The lowest BCUT2D eigenvalue weighted by atomic mass is 10.2. The molecule has 0 spiro atoms. The molecule has 84 valence electrons. The molecule has 4 heteroatoms. The summed E-state index contributed by atoms with van der Waals surface area (Å²) >= 11 is 1.61. The molecule has 16 heavy (non-hydrogen) atoms. The second kappa shape index (κ2) is 4.61. The molecule has 0 radical (unpaired) electrons. The van der Waals surface area contributed by atoms with Crippen LogP contribution in [0.4, 0.5) is 9.52 Å².